The number of carbonyl (C=O) groups is 3. The zero-order chi connectivity index (χ0) is 19.6. The molecule has 1 saturated heterocycles. The van der Waals surface area contributed by atoms with Gasteiger partial charge in [0.2, 0.25) is 5.91 Å². The molecule has 4 atom stereocenters. The molecule has 6 heteroatoms. The van der Waals surface area contributed by atoms with Crippen molar-refractivity contribution in [3.05, 3.63) is 35.9 Å². The Kier molecular flexibility index (Phi) is 5.53. The largest absolute Gasteiger partial charge is 0.352 e. The Morgan fingerprint density at radius 1 is 1.22 bits per heavy atom. The molecule has 27 heavy (non-hydrogen) atoms. The highest BCUT2D eigenvalue weighted by Crippen LogP contribution is 2.32. The molecule has 4 amide bonds. The first-order valence-electron chi connectivity index (χ1n) is 9.88. The minimum atomic E-state index is -1.09. The van der Waals surface area contributed by atoms with Gasteiger partial charge in [-0.05, 0) is 30.2 Å². The maximum atomic E-state index is 13.1. The molecule has 1 heterocycles. The van der Waals surface area contributed by atoms with Gasteiger partial charge >= 0.3 is 6.03 Å². The van der Waals surface area contributed by atoms with Gasteiger partial charge in [0.1, 0.15) is 12.1 Å². The lowest BCUT2D eigenvalue weighted by molar-refractivity contribution is -0.135. The summed E-state index contributed by atoms with van der Waals surface area (Å²) in [7, 11) is 0. The summed E-state index contributed by atoms with van der Waals surface area (Å²) in [6.07, 6.45) is 3.64. The van der Waals surface area contributed by atoms with Crippen molar-refractivity contribution < 1.29 is 14.4 Å². The Bertz CT molecular complexity index is 721. The van der Waals surface area contributed by atoms with E-state index in [1.807, 2.05) is 37.3 Å². The molecular weight excluding hydrogens is 342 g/mol. The van der Waals surface area contributed by atoms with Crippen molar-refractivity contribution in [1.82, 2.24) is 15.5 Å². The number of rotatable bonds is 5. The van der Waals surface area contributed by atoms with Crippen LogP contribution in [0.2, 0.25) is 0 Å². The van der Waals surface area contributed by atoms with Gasteiger partial charge in [0, 0.05) is 6.04 Å². The van der Waals surface area contributed by atoms with Gasteiger partial charge in [-0.25, -0.2) is 4.79 Å². The van der Waals surface area contributed by atoms with Gasteiger partial charge in [-0.3, -0.25) is 14.5 Å². The van der Waals surface area contributed by atoms with E-state index in [1.54, 1.807) is 0 Å². The zero-order valence-corrected chi connectivity index (χ0v) is 16.3. The van der Waals surface area contributed by atoms with Crippen molar-refractivity contribution in [1.29, 1.82) is 0 Å². The highest BCUT2D eigenvalue weighted by Gasteiger charge is 2.51. The lowest BCUT2D eigenvalue weighted by Crippen LogP contribution is -2.49. The van der Waals surface area contributed by atoms with E-state index in [0.29, 0.717) is 18.3 Å². The third-order valence-corrected chi connectivity index (χ3v) is 6.33. The van der Waals surface area contributed by atoms with E-state index < -0.39 is 11.6 Å². The first kappa shape index (κ1) is 19.4. The summed E-state index contributed by atoms with van der Waals surface area (Å²) < 4.78 is 0. The fraction of sp³-hybridized carbons (Fsp3) is 0.571. The molecule has 3 rings (SSSR count). The van der Waals surface area contributed by atoms with E-state index in [0.717, 1.165) is 23.3 Å². The second kappa shape index (κ2) is 7.71. The Morgan fingerprint density at radius 3 is 2.59 bits per heavy atom. The monoisotopic (exact) mass is 371 g/mol. The topological polar surface area (TPSA) is 78.5 Å². The first-order valence-corrected chi connectivity index (χ1v) is 9.88. The molecule has 1 aromatic carbocycles. The van der Waals surface area contributed by atoms with Gasteiger partial charge in [0.15, 0.2) is 0 Å². The number of nitrogens with one attached hydrogen (secondary N) is 2. The predicted octanol–water partition coefficient (Wildman–Crippen LogP) is 2.78. The maximum Gasteiger partial charge on any atom is 0.325 e. The molecule has 0 spiro atoms. The van der Waals surface area contributed by atoms with Crippen LogP contribution in [-0.2, 0) is 15.1 Å². The van der Waals surface area contributed by atoms with Gasteiger partial charge in [0.05, 0.1) is 0 Å². The highest BCUT2D eigenvalue weighted by atomic mass is 16.2. The fourth-order valence-electron chi connectivity index (χ4n) is 4.31. The SMILES string of the molecule is CC[C@]1(c2ccccc2)NC(=O)N(CC(=O)N[C@@H]2CCC[C@@H](C)[C@@H]2C)C1=O. The first-order chi connectivity index (χ1) is 12.9. The van der Waals surface area contributed by atoms with Gasteiger partial charge in [-0.1, -0.05) is 63.9 Å². The average molecular weight is 371 g/mol. The number of nitrogens with zero attached hydrogens (tertiary/aromatic N) is 1. The summed E-state index contributed by atoms with van der Waals surface area (Å²) in [6.45, 7) is 5.98. The summed E-state index contributed by atoms with van der Waals surface area (Å²) in [4.78, 5) is 39.2. The van der Waals surface area contributed by atoms with Crippen molar-refractivity contribution in [2.24, 2.45) is 11.8 Å². The van der Waals surface area contributed by atoms with E-state index in [9.17, 15) is 14.4 Å². The van der Waals surface area contributed by atoms with Crippen LogP contribution >= 0.6 is 0 Å². The van der Waals surface area contributed by atoms with Crippen LogP contribution in [0.25, 0.3) is 0 Å². The molecule has 1 aromatic rings. The van der Waals surface area contributed by atoms with Crippen LogP contribution in [0.5, 0.6) is 0 Å². The van der Waals surface area contributed by atoms with Crippen molar-refractivity contribution >= 4 is 17.8 Å². The van der Waals surface area contributed by atoms with Crippen molar-refractivity contribution in [2.45, 2.75) is 58.0 Å². The lowest BCUT2D eigenvalue weighted by atomic mass is 9.78. The summed E-state index contributed by atoms with van der Waals surface area (Å²) in [6, 6.07) is 8.80. The molecule has 1 aliphatic carbocycles. The molecule has 2 fully saturated rings. The number of hydrogen-bond acceptors (Lipinski definition) is 3. The van der Waals surface area contributed by atoms with Gasteiger partial charge in [-0.2, -0.15) is 0 Å². The molecule has 0 unspecified atom stereocenters. The molecule has 0 bridgehead atoms. The van der Waals surface area contributed by atoms with E-state index >= 15 is 0 Å². The van der Waals surface area contributed by atoms with Crippen LogP contribution in [0.1, 0.15) is 52.0 Å². The van der Waals surface area contributed by atoms with Crippen molar-refractivity contribution in [2.75, 3.05) is 6.54 Å². The molecule has 2 aliphatic rings. The Morgan fingerprint density at radius 2 is 1.93 bits per heavy atom. The van der Waals surface area contributed by atoms with Gasteiger partial charge < -0.3 is 10.6 Å². The van der Waals surface area contributed by atoms with Crippen LogP contribution < -0.4 is 10.6 Å². The quantitative estimate of drug-likeness (QED) is 0.781. The lowest BCUT2D eigenvalue weighted by Gasteiger charge is -2.34. The molecule has 6 nitrogen and oxygen atoms in total. The molecule has 1 saturated carbocycles. The van der Waals surface area contributed by atoms with Crippen LogP contribution in [0, 0.1) is 11.8 Å². The number of urea groups is 1. The fourth-order valence-corrected chi connectivity index (χ4v) is 4.31. The number of hydrogen-bond donors (Lipinski definition) is 2. The highest BCUT2D eigenvalue weighted by molar-refractivity contribution is 6.09. The Labute approximate surface area is 160 Å². The summed E-state index contributed by atoms with van der Waals surface area (Å²) in [5.41, 5.74) is -0.353. The standard InChI is InChI=1S/C21H29N3O3/c1-4-21(16-10-6-5-7-11-16)19(26)24(20(27)23-21)13-18(25)22-17-12-8-9-14(2)15(17)3/h5-7,10-11,14-15,17H,4,8-9,12-13H2,1-3H3,(H,22,25)(H,23,27)/t14-,15+,17-,21-/m1/s1. The summed E-state index contributed by atoms with van der Waals surface area (Å²) in [5, 5.41) is 5.85. The number of carbonyl (C=O) groups excluding carboxylic acids is 3. The summed E-state index contributed by atoms with van der Waals surface area (Å²) in [5.74, 6) is 0.322. The van der Waals surface area contributed by atoms with Crippen LogP contribution in [0.3, 0.4) is 0 Å². The average Bonchev–Trinajstić information content (AvgIpc) is 2.91. The second-order valence-electron chi connectivity index (χ2n) is 7.89. The predicted molar refractivity (Wildman–Crippen MR) is 103 cm³/mol. The van der Waals surface area contributed by atoms with E-state index in [-0.39, 0.29) is 24.4 Å². The molecular formula is C21H29N3O3. The number of imide groups is 1. The van der Waals surface area contributed by atoms with Crippen molar-refractivity contribution in [3.8, 4) is 0 Å². The maximum absolute atomic E-state index is 13.1. The van der Waals surface area contributed by atoms with Crippen LogP contribution in [-0.4, -0.2) is 35.3 Å². The molecule has 0 aromatic heterocycles. The van der Waals surface area contributed by atoms with Crippen molar-refractivity contribution in [3.63, 3.8) is 0 Å². The minimum Gasteiger partial charge on any atom is -0.352 e. The van der Waals surface area contributed by atoms with Crippen LogP contribution in [0.4, 0.5) is 4.79 Å². The zero-order valence-electron chi connectivity index (χ0n) is 16.3. The van der Waals surface area contributed by atoms with E-state index in [1.165, 1.54) is 6.42 Å². The second-order valence-corrected chi connectivity index (χ2v) is 7.89. The third kappa shape index (κ3) is 3.57. The Balaban J connectivity index is 1.71. The molecule has 146 valence electrons. The third-order valence-electron chi connectivity index (χ3n) is 6.33. The molecule has 2 N–H and O–H groups in total. The molecule has 0 radical (unpaired) electrons. The number of benzene rings is 1. The van der Waals surface area contributed by atoms with Gasteiger partial charge in [0.25, 0.3) is 5.91 Å². The Hall–Kier alpha value is -2.37. The normalized spacial score (nSPS) is 30.9. The van der Waals surface area contributed by atoms with Gasteiger partial charge in [-0.15, -0.1) is 0 Å². The molecule has 1 aliphatic heterocycles. The summed E-state index contributed by atoms with van der Waals surface area (Å²) >= 11 is 0. The van der Waals surface area contributed by atoms with E-state index in [2.05, 4.69) is 24.5 Å². The van der Waals surface area contributed by atoms with Crippen LogP contribution in [0.15, 0.2) is 30.3 Å². The van der Waals surface area contributed by atoms with E-state index in [4.69, 9.17) is 0 Å². The number of amides is 4. The minimum absolute atomic E-state index is 0.104. The smallest absolute Gasteiger partial charge is 0.325 e.